The number of hydrogen-bond acceptors (Lipinski definition) is 2. The maximum absolute atomic E-state index is 12.5. The highest BCUT2D eigenvalue weighted by atomic mass is 16.2. The summed E-state index contributed by atoms with van der Waals surface area (Å²) >= 11 is 0. The highest BCUT2D eigenvalue weighted by molar-refractivity contribution is 6.04. The van der Waals surface area contributed by atoms with Crippen molar-refractivity contribution in [2.24, 2.45) is 0 Å². The van der Waals surface area contributed by atoms with Crippen molar-refractivity contribution in [3.63, 3.8) is 0 Å². The predicted octanol–water partition coefficient (Wildman–Crippen LogP) is 3.89. The van der Waals surface area contributed by atoms with Gasteiger partial charge in [-0.3, -0.25) is 9.59 Å². The molecule has 0 heterocycles. The van der Waals surface area contributed by atoms with Gasteiger partial charge in [-0.15, -0.1) is 0 Å². The van der Waals surface area contributed by atoms with Crippen LogP contribution in [0.2, 0.25) is 0 Å². The molecule has 0 aliphatic heterocycles. The Morgan fingerprint density at radius 3 is 2.28 bits per heavy atom. The standard InChI is InChI=1S/C21H24N2O2/c1-2-3-15-22-20(25)21(13-14-21)17-9-11-18(12-10-17)23-19(24)16-7-5-4-6-8-16/h4-12H,2-3,13-15H2,1H3,(H,22,25)(H,23,24). The molecule has 1 aliphatic carbocycles. The third-order valence-electron chi connectivity index (χ3n) is 4.73. The van der Waals surface area contributed by atoms with Gasteiger partial charge in [-0.05, 0) is 49.1 Å². The highest BCUT2D eigenvalue weighted by Crippen LogP contribution is 2.48. The average molecular weight is 336 g/mol. The van der Waals surface area contributed by atoms with Gasteiger partial charge >= 0.3 is 0 Å². The highest BCUT2D eigenvalue weighted by Gasteiger charge is 2.50. The summed E-state index contributed by atoms with van der Waals surface area (Å²) in [7, 11) is 0. The van der Waals surface area contributed by atoms with Crippen molar-refractivity contribution in [1.29, 1.82) is 0 Å². The second-order valence-corrected chi connectivity index (χ2v) is 6.59. The lowest BCUT2D eigenvalue weighted by atomic mass is 9.94. The Kier molecular flexibility index (Phi) is 5.17. The Bertz CT molecular complexity index is 734. The van der Waals surface area contributed by atoms with Crippen molar-refractivity contribution in [1.82, 2.24) is 5.32 Å². The van der Waals surface area contributed by atoms with Crippen LogP contribution in [0.1, 0.15) is 48.5 Å². The molecular formula is C21H24N2O2. The Hall–Kier alpha value is -2.62. The van der Waals surface area contributed by atoms with E-state index in [1.54, 1.807) is 12.1 Å². The molecule has 2 amide bonds. The van der Waals surface area contributed by atoms with Gasteiger partial charge in [0.2, 0.25) is 5.91 Å². The fraction of sp³-hybridized carbons (Fsp3) is 0.333. The number of carbonyl (C=O) groups excluding carboxylic acids is 2. The van der Waals surface area contributed by atoms with Crippen LogP contribution in [0.25, 0.3) is 0 Å². The van der Waals surface area contributed by atoms with Gasteiger partial charge in [-0.25, -0.2) is 0 Å². The molecule has 4 nitrogen and oxygen atoms in total. The minimum absolute atomic E-state index is 0.127. The largest absolute Gasteiger partial charge is 0.355 e. The lowest BCUT2D eigenvalue weighted by Gasteiger charge is -2.16. The van der Waals surface area contributed by atoms with E-state index < -0.39 is 0 Å². The first-order valence-electron chi connectivity index (χ1n) is 8.91. The third-order valence-corrected chi connectivity index (χ3v) is 4.73. The normalized spacial score (nSPS) is 14.6. The predicted molar refractivity (Wildman–Crippen MR) is 99.7 cm³/mol. The van der Waals surface area contributed by atoms with Crippen molar-refractivity contribution >= 4 is 17.5 Å². The van der Waals surface area contributed by atoms with Gasteiger partial charge < -0.3 is 10.6 Å². The molecule has 2 aromatic rings. The molecule has 0 saturated heterocycles. The van der Waals surface area contributed by atoms with Gasteiger partial charge in [0.25, 0.3) is 5.91 Å². The molecule has 0 bridgehead atoms. The first-order chi connectivity index (χ1) is 12.2. The summed E-state index contributed by atoms with van der Waals surface area (Å²) in [5, 5.41) is 5.93. The lowest BCUT2D eigenvalue weighted by molar-refractivity contribution is -0.123. The zero-order chi connectivity index (χ0) is 17.7. The van der Waals surface area contributed by atoms with Gasteiger partial charge in [0, 0.05) is 17.8 Å². The summed E-state index contributed by atoms with van der Waals surface area (Å²) in [5.41, 5.74) is 2.02. The van der Waals surface area contributed by atoms with E-state index in [1.165, 1.54) is 0 Å². The van der Waals surface area contributed by atoms with Crippen LogP contribution in [0.4, 0.5) is 5.69 Å². The van der Waals surface area contributed by atoms with Crippen molar-refractivity contribution in [2.45, 2.75) is 38.0 Å². The van der Waals surface area contributed by atoms with Crippen molar-refractivity contribution in [2.75, 3.05) is 11.9 Å². The summed E-state index contributed by atoms with van der Waals surface area (Å²) in [6.07, 6.45) is 3.86. The van der Waals surface area contributed by atoms with Crippen LogP contribution in [0.5, 0.6) is 0 Å². The van der Waals surface area contributed by atoms with Crippen molar-refractivity contribution in [3.05, 3.63) is 65.7 Å². The molecule has 3 rings (SSSR count). The molecule has 2 N–H and O–H groups in total. The van der Waals surface area contributed by atoms with E-state index in [2.05, 4.69) is 17.6 Å². The van der Waals surface area contributed by atoms with Gasteiger partial charge in [0.05, 0.1) is 5.41 Å². The molecule has 1 fully saturated rings. The quantitative estimate of drug-likeness (QED) is 0.754. The van der Waals surface area contributed by atoms with E-state index in [4.69, 9.17) is 0 Å². The van der Waals surface area contributed by atoms with Crippen LogP contribution in [0, 0.1) is 0 Å². The van der Waals surface area contributed by atoms with Gasteiger partial charge in [-0.2, -0.15) is 0 Å². The molecule has 0 aromatic heterocycles. The Labute approximate surface area is 148 Å². The van der Waals surface area contributed by atoms with Crippen LogP contribution >= 0.6 is 0 Å². The number of anilines is 1. The van der Waals surface area contributed by atoms with E-state index in [1.807, 2.05) is 42.5 Å². The molecule has 1 saturated carbocycles. The summed E-state index contributed by atoms with van der Waals surface area (Å²) in [4.78, 5) is 24.7. The topological polar surface area (TPSA) is 58.2 Å². The summed E-state index contributed by atoms with van der Waals surface area (Å²) in [6.45, 7) is 2.85. The van der Waals surface area contributed by atoms with E-state index >= 15 is 0 Å². The Morgan fingerprint density at radius 1 is 1.00 bits per heavy atom. The van der Waals surface area contributed by atoms with Gasteiger partial charge in [0.1, 0.15) is 0 Å². The van der Waals surface area contributed by atoms with Crippen LogP contribution in [0.15, 0.2) is 54.6 Å². The molecule has 4 heteroatoms. The minimum atomic E-state index is -0.365. The number of hydrogen-bond donors (Lipinski definition) is 2. The first-order valence-corrected chi connectivity index (χ1v) is 8.91. The average Bonchev–Trinajstić information content (AvgIpc) is 3.45. The number of carbonyl (C=O) groups is 2. The monoisotopic (exact) mass is 336 g/mol. The molecule has 2 aromatic carbocycles. The zero-order valence-electron chi connectivity index (χ0n) is 14.5. The number of unbranched alkanes of at least 4 members (excludes halogenated alkanes) is 1. The fourth-order valence-corrected chi connectivity index (χ4v) is 2.99. The maximum atomic E-state index is 12.5. The number of benzene rings is 2. The second-order valence-electron chi connectivity index (χ2n) is 6.59. The van der Waals surface area contributed by atoms with E-state index in [-0.39, 0.29) is 17.2 Å². The van der Waals surface area contributed by atoms with E-state index in [9.17, 15) is 9.59 Å². The number of amides is 2. The molecular weight excluding hydrogens is 312 g/mol. The first kappa shape index (κ1) is 17.2. The summed E-state index contributed by atoms with van der Waals surface area (Å²) in [5.74, 6) is -0.00573. The molecule has 25 heavy (non-hydrogen) atoms. The zero-order valence-corrected chi connectivity index (χ0v) is 14.5. The van der Waals surface area contributed by atoms with Crippen LogP contribution in [-0.2, 0) is 10.2 Å². The van der Waals surface area contributed by atoms with E-state index in [0.29, 0.717) is 5.56 Å². The number of nitrogens with one attached hydrogen (secondary N) is 2. The van der Waals surface area contributed by atoms with Crippen LogP contribution in [-0.4, -0.2) is 18.4 Å². The second kappa shape index (κ2) is 7.51. The summed E-state index contributed by atoms with van der Waals surface area (Å²) < 4.78 is 0. The molecule has 0 unspecified atom stereocenters. The summed E-state index contributed by atoms with van der Waals surface area (Å²) in [6, 6.07) is 16.8. The van der Waals surface area contributed by atoms with Crippen LogP contribution in [0.3, 0.4) is 0 Å². The molecule has 130 valence electrons. The number of rotatable bonds is 7. The van der Waals surface area contributed by atoms with Gasteiger partial charge in [0.15, 0.2) is 0 Å². The Morgan fingerprint density at radius 2 is 1.68 bits per heavy atom. The lowest BCUT2D eigenvalue weighted by Crippen LogP contribution is -2.35. The molecule has 0 spiro atoms. The maximum Gasteiger partial charge on any atom is 0.255 e. The molecule has 1 aliphatic rings. The van der Waals surface area contributed by atoms with Crippen LogP contribution < -0.4 is 10.6 Å². The van der Waals surface area contributed by atoms with Gasteiger partial charge in [-0.1, -0.05) is 43.7 Å². The van der Waals surface area contributed by atoms with Crippen molar-refractivity contribution < 1.29 is 9.59 Å². The Balaban J connectivity index is 1.64. The molecule has 0 radical (unpaired) electrons. The smallest absolute Gasteiger partial charge is 0.255 e. The van der Waals surface area contributed by atoms with Crippen molar-refractivity contribution in [3.8, 4) is 0 Å². The minimum Gasteiger partial charge on any atom is -0.355 e. The van der Waals surface area contributed by atoms with E-state index in [0.717, 1.165) is 43.5 Å². The SMILES string of the molecule is CCCCNC(=O)C1(c2ccc(NC(=O)c3ccccc3)cc2)CC1. The third kappa shape index (κ3) is 3.90. The fourth-order valence-electron chi connectivity index (χ4n) is 2.99. The molecule has 0 atom stereocenters.